The van der Waals surface area contributed by atoms with Crippen LogP contribution in [-0.2, 0) is 10.8 Å². The highest BCUT2D eigenvalue weighted by molar-refractivity contribution is 7.84. The van der Waals surface area contributed by atoms with E-state index in [1.54, 1.807) is 12.5 Å². The zero-order chi connectivity index (χ0) is 11.3. The number of H-pyrrole nitrogens is 1. The lowest BCUT2D eigenvalue weighted by atomic mass is 10.2. The minimum Gasteiger partial charge on any atom is -0.381 e. The topological polar surface area (TPSA) is 74.8 Å². The summed E-state index contributed by atoms with van der Waals surface area (Å²) < 4.78 is 10.9. The largest absolute Gasteiger partial charge is 0.381 e. The number of nitrogens with one attached hydrogen (secondary N) is 2. The molecule has 5 nitrogen and oxygen atoms in total. The predicted molar refractivity (Wildman–Crippen MR) is 61.5 cm³/mol. The Hall–Kier alpha value is -1.17. The van der Waals surface area contributed by atoms with E-state index in [0.717, 1.165) is 6.42 Å². The van der Waals surface area contributed by atoms with Crippen molar-refractivity contribution in [2.24, 2.45) is 0 Å². The van der Waals surface area contributed by atoms with E-state index in [0.29, 0.717) is 11.4 Å². The van der Waals surface area contributed by atoms with Crippen LogP contribution in [0.1, 0.15) is 13.3 Å². The maximum absolute atomic E-state index is 10.9. The number of hydrogen-bond acceptors (Lipinski definition) is 4. The second-order valence-electron chi connectivity index (χ2n) is 3.45. The van der Waals surface area contributed by atoms with Gasteiger partial charge in [-0.25, -0.2) is 5.10 Å². The van der Waals surface area contributed by atoms with E-state index in [1.807, 2.05) is 6.92 Å². The van der Waals surface area contributed by atoms with E-state index in [-0.39, 0.29) is 11.6 Å². The number of rotatable bonds is 5. The number of hydrogen-bond donors (Lipinski definition) is 2. The lowest BCUT2D eigenvalue weighted by Gasteiger charge is -2.13. The van der Waals surface area contributed by atoms with Crippen LogP contribution in [0.25, 0.3) is 0 Å². The van der Waals surface area contributed by atoms with Crippen molar-refractivity contribution in [1.29, 1.82) is 0 Å². The van der Waals surface area contributed by atoms with Crippen LogP contribution in [-0.4, -0.2) is 32.5 Å². The van der Waals surface area contributed by atoms with Crippen molar-refractivity contribution in [3.05, 3.63) is 22.6 Å². The third-order valence-corrected chi connectivity index (χ3v) is 2.73. The first-order valence-corrected chi connectivity index (χ1v) is 6.42. The van der Waals surface area contributed by atoms with E-state index in [1.165, 1.54) is 6.07 Å². The standard InChI is InChI=1S/C9H15N3O2S/c1-7(3-4-15(2)14)11-8-5-9(13)12-10-6-8/h5-7H,3-4H2,1-2H3,(H2,11,12,13). The van der Waals surface area contributed by atoms with E-state index in [4.69, 9.17) is 0 Å². The van der Waals surface area contributed by atoms with Crippen LogP contribution in [0.2, 0.25) is 0 Å². The maximum atomic E-state index is 10.9. The zero-order valence-electron chi connectivity index (χ0n) is 8.82. The molecule has 0 aliphatic carbocycles. The molecule has 6 heteroatoms. The average molecular weight is 229 g/mol. The van der Waals surface area contributed by atoms with E-state index >= 15 is 0 Å². The summed E-state index contributed by atoms with van der Waals surface area (Å²) in [5.74, 6) is 0.658. The fraction of sp³-hybridized carbons (Fsp3) is 0.556. The molecule has 1 rings (SSSR count). The monoisotopic (exact) mass is 229 g/mol. The number of anilines is 1. The fourth-order valence-corrected chi connectivity index (χ4v) is 1.84. The highest BCUT2D eigenvalue weighted by Crippen LogP contribution is 2.04. The SMILES string of the molecule is CC(CCS(C)=O)Nc1cn[nH]c(=O)c1. The van der Waals surface area contributed by atoms with Crippen molar-refractivity contribution >= 4 is 16.5 Å². The van der Waals surface area contributed by atoms with Gasteiger partial charge >= 0.3 is 0 Å². The Kier molecular flexibility index (Phi) is 4.48. The van der Waals surface area contributed by atoms with Crippen molar-refractivity contribution in [2.75, 3.05) is 17.3 Å². The molecule has 1 aromatic heterocycles. The maximum Gasteiger partial charge on any atom is 0.266 e. The molecule has 2 atom stereocenters. The highest BCUT2D eigenvalue weighted by Gasteiger charge is 2.03. The molecule has 0 aliphatic rings. The number of aromatic nitrogens is 2. The molecule has 0 aromatic carbocycles. The molecule has 2 unspecified atom stereocenters. The van der Waals surface area contributed by atoms with Gasteiger partial charge in [0.25, 0.3) is 5.56 Å². The Morgan fingerprint density at radius 2 is 2.40 bits per heavy atom. The van der Waals surface area contributed by atoms with Gasteiger partial charge in [-0.05, 0) is 13.3 Å². The summed E-state index contributed by atoms with van der Waals surface area (Å²) in [6, 6.07) is 1.63. The molecule has 15 heavy (non-hydrogen) atoms. The number of aromatic amines is 1. The van der Waals surface area contributed by atoms with Crippen LogP contribution in [0.5, 0.6) is 0 Å². The van der Waals surface area contributed by atoms with Crippen LogP contribution in [0.3, 0.4) is 0 Å². The van der Waals surface area contributed by atoms with Gasteiger partial charge in [-0.2, -0.15) is 5.10 Å². The van der Waals surface area contributed by atoms with Crippen LogP contribution >= 0.6 is 0 Å². The van der Waals surface area contributed by atoms with Crippen LogP contribution in [0.15, 0.2) is 17.1 Å². The summed E-state index contributed by atoms with van der Waals surface area (Å²) in [6.07, 6.45) is 4.04. The lowest BCUT2D eigenvalue weighted by Crippen LogP contribution is -2.19. The van der Waals surface area contributed by atoms with Crippen molar-refractivity contribution in [3.8, 4) is 0 Å². The van der Waals surface area contributed by atoms with Crippen molar-refractivity contribution in [3.63, 3.8) is 0 Å². The summed E-state index contributed by atoms with van der Waals surface area (Å²) in [6.45, 7) is 1.98. The van der Waals surface area contributed by atoms with Crippen molar-refractivity contribution < 1.29 is 4.21 Å². The van der Waals surface area contributed by atoms with Gasteiger partial charge < -0.3 is 5.32 Å². The van der Waals surface area contributed by atoms with Crippen LogP contribution in [0.4, 0.5) is 5.69 Å². The third-order valence-electron chi connectivity index (χ3n) is 1.92. The van der Waals surface area contributed by atoms with Gasteiger partial charge in [0.15, 0.2) is 0 Å². The molecule has 1 aromatic rings. The number of nitrogens with zero attached hydrogens (tertiary/aromatic N) is 1. The van der Waals surface area contributed by atoms with Crippen molar-refractivity contribution in [1.82, 2.24) is 10.2 Å². The highest BCUT2D eigenvalue weighted by atomic mass is 32.2. The minimum atomic E-state index is -0.772. The predicted octanol–water partition coefficient (Wildman–Crippen LogP) is 0.339. The van der Waals surface area contributed by atoms with E-state index in [9.17, 15) is 9.00 Å². The first-order chi connectivity index (χ1) is 7.08. The molecule has 0 spiro atoms. The van der Waals surface area contributed by atoms with Gasteiger partial charge in [-0.15, -0.1) is 0 Å². The molecule has 0 amide bonds. The lowest BCUT2D eigenvalue weighted by molar-refractivity contribution is 0.678. The molecule has 0 saturated carbocycles. The molecular weight excluding hydrogens is 214 g/mol. The van der Waals surface area contributed by atoms with E-state index < -0.39 is 10.8 Å². The summed E-state index contributed by atoms with van der Waals surface area (Å²) in [7, 11) is -0.772. The normalized spacial score (nSPS) is 14.5. The van der Waals surface area contributed by atoms with Gasteiger partial charge in [0.2, 0.25) is 0 Å². The molecule has 0 radical (unpaired) electrons. The van der Waals surface area contributed by atoms with Crippen LogP contribution < -0.4 is 10.9 Å². The zero-order valence-corrected chi connectivity index (χ0v) is 9.63. The first-order valence-electron chi connectivity index (χ1n) is 4.69. The average Bonchev–Trinajstić information content (AvgIpc) is 2.15. The molecule has 0 saturated heterocycles. The summed E-state index contributed by atoms with van der Waals surface area (Å²) in [5.41, 5.74) is 0.458. The Morgan fingerprint density at radius 3 is 3.00 bits per heavy atom. The molecule has 0 fully saturated rings. The molecule has 2 N–H and O–H groups in total. The van der Waals surface area contributed by atoms with Crippen molar-refractivity contribution in [2.45, 2.75) is 19.4 Å². The quantitative estimate of drug-likeness (QED) is 0.763. The summed E-state index contributed by atoms with van der Waals surface area (Å²) >= 11 is 0. The smallest absolute Gasteiger partial charge is 0.266 e. The second-order valence-corrected chi connectivity index (χ2v) is 5.00. The second kappa shape index (κ2) is 5.65. The Morgan fingerprint density at radius 1 is 1.67 bits per heavy atom. The van der Waals surface area contributed by atoms with Gasteiger partial charge in [-0.1, -0.05) is 0 Å². The molecular formula is C9H15N3O2S. The summed E-state index contributed by atoms with van der Waals surface area (Å²) in [4.78, 5) is 10.9. The van der Waals surface area contributed by atoms with Gasteiger partial charge in [0.05, 0.1) is 11.9 Å². The molecule has 0 aliphatic heterocycles. The third kappa shape index (κ3) is 4.73. The Labute approximate surface area is 90.7 Å². The Balaban J connectivity index is 2.47. The van der Waals surface area contributed by atoms with Gasteiger partial charge in [0.1, 0.15) is 0 Å². The minimum absolute atomic E-state index is 0.178. The van der Waals surface area contributed by atoms with Gasteiger partial charge in [-0.3, -0.25) is 9.00 Å². The van der Waals surface area contributed by atoms with E-state index in [2.05, 4.69) is 15.5 Å². The molecule has 0 bridgehead atoms. The van der Waals surface area contributed by atoms with Gasteiger partial charge in [0, 0.05) is 34.9 Å². The fourth-order valence-electron chi connectivity index (χ4n) is 1.15. The molecule has 1 heterocycles. The first kappa shape index (κ1) is 11.9. The summed E-state index contributed by atoms with van der Waals surface area (Å²) in [5, 5.41) is 9.09. The molecule has 84 valence electrons. The Bertz CT molecular complexity index is 391. The van der Waals surface area contributed by atoms with Crippen LogP contribution in [0, 0.1) is 0 Å².